The third kappa shape index (κ3) is 7.59. The zero-order valence-corrected chi connectivity index (χ0v) is 20.3. The summed E-state index contributed by atoms with van der Waals surface area (Å²) in [5.41, 5.74) is 3.85. The highest BCUT2D eigenvalue weighted by Crippen LogP contribution is 2.35. The maximum atomic E-state index is 6.17. The van der Waals surface area contributed by atoms with E-state index in [4.69, 9.17) is 9.47 Å². The molecule has 0 bridgehead atoms. The standard InChI is InChI=1S/C27H41NO2/c1-20(2)15-17-29-23-12-10-22(11-13-23)28-16-18-30-25-14-9-21(26(3,4)5)19-24(25)27(6,7)8/h9-14,19-20,28H,15-18H2,1-8H3. The minimum atomic E-state index is 0.0371. The smallest absolute Gasteiger partial charge is 0.123 e. The number of ether oxygens (including phenoxy) is 2. The molecule has 0 aliphatic carbocycles. The largest absolute Gasteiger partial charge is 0.494 e. The summed E-state index contributed by atoms with van der Waals surface area (Å²) in [7, 11) is 0. The van der Waals surface area contributed by atoms with Crippen LogP contribution in [0.3, 0.4) is 0 Å². The molecule has 2 aromatic carbocycles. The second-order valence-electron chi connectivity index (χ2n) is 10.5. The highest BCUT2D eigenvalue weighted by molar-refractivity contribution is 5.46. The van der Waals surface area contributed by atoms with E-state index in [1.54, 1.807) is 0 Å². The number of hydrogen-bond donors (Lipinski definition) is 1. The first kappa shape index (κ1) is 24.1. The molecular weight excluding hydrogens is 370 g/mol. The highest BCUT2D eigenvalue weighted by Gasteiger charge is 2.23. The van der Waals surface area contributed by atoms with Crippen LogP contribution < -0.4 is 14.8 Å². The van der Waals surface area contributed by atoms with Crippen LogP contribution in [0.1, 0.15) is 72.9 Å². The molecule has 0 saturated heterocycles. The van der Waals surface area contributed by atoms with Gasteiger partial charge in [-0.15, -0.1) is 0 Å². The first-order valence-electron chi connectivity index (χ1n) is 11.2. The van der Waals surface area contributed by atoms with Crippen LogP contribution in [0.5, 0.6) is 11.5 Å². The predicted molar refractivity (Wildman–Crippen MR) is 129 cm³/mol. The van der Waals surface area contributed by atoms with E-state index in [9.17, 15) is 0 Å². The van der Waals surface area contributed by atoms with Crippen LogP contribution in [0.25, 0.3) is 0 Å². The molecule has 0 aliphatic rings. The molecular formula is C27H41NO2. The van der Waals surface area contributed by atoms with Gasteiger partial charge in [0.15, 0.2) is 0 Å². The molecule has 2 aromatic rings. The molecule has 3 nitrogen and oxygen atoms in total. The van der Waals surface area contributed by atoms with Gasteiger partial charge in [0.25, 0.3) is 0 Å². The van der Waals surface area contributed by atoms with Crippen molar-refractivity contribution < 1.29 is 9.47 Å². The van der Waals surface area contributed by atoms with Gasteiger partial charge in [-0.25, -0.2) is 0 Å². The SMILES string of the molecule is CC(C)CCOc1ccc(NCCOc2ccc(C(C)(C)C)cc2C(C)(C)C)cc1. The maximum absolute atomic E-state index is 6.17. The fourth-order valence-corrected chi connectivity index (χ4v) is 3.15. The average Bonchev–Trinajstić information content (AvgIpc) is 2.64. The van der Waals surface area contributed by atoms with Gasteiger partial charge >= 0.3 is 0 Å². The van der Waals surface area contributed by atoms with Gasteiger partial charge in [0.2, 0.25) is 0 Å². The van der Waals surface area contributed by atoms with E-state index in [2.05, 4.69) is 91.0 Å². The number of benzene rings is 2. The topological polar surface area (TPSA) is 30.5 Å². The summed E-state index contributed by atoms with van der Waals surface area (Å²) in [4.78, 5) is 0. The van der Waals surface area contributed by atoms with Gasteiger partial charge in [-0.3, -0.25) is 0 Å². The molecule has 0 aliphatic heterocycles. The molecule has 0 fully saturated rings. The van der Waals surface area contributed by atoms with Crippen molar-refractivity contribution in [2.75, 3.05) is 25.1 Å². The number of rotatable bonds is 9. The van der Waals surface area contributed by atoms with E-state index in [1.807, 2.05) is 12.1 Å². The Balaban J connectivity index is 1.89. The Hall–Kier alpha value is -2.16. The van der Waals surface area contributed by atoms with E-state index in [-0.39, 0.29) is 10.8 Å². The van der Waals surface area contributed by atoms with Crippen molar-refractivity contribution in [1.29, 1.82) is 0 Å². The lowest BCUT2D eigenvalue weighted by molar-refractivity contribution is 0.289. The molecule has 0 heterocycles. The van der Waals surface area contributed by atoms with E-state index in [0.29, 0.717) is 12.5 Å². The summed E-state index contributed by atoms with van der Waals surface area (Å²) in [5, 5.41) is 3.43. The van der Waals surface area contributed by atoms with Crippen molar-refractivity contribution in [3.8, 4) is 11.5 Å². The number of anilines is 1. The normalized spacial score (nSPS) is 12.2. The van der Waals surface area contributed by atoms with Gasteiger partial charge < -0.3 is 14.8 Å². The Bertz CT molecular complexity index is 780. The fraction of sp³-hybridized carbons (Fsp3) is 0.556. The van der Waals surface area contributed by atoms with Crippen LogP contribution in [0.4, 0.5) is 5.69 Å². The van der Waals surface area contributed by atoms with Gasteiger partial charge in [0.1, 0.15) is 18.1 Å². The van der Waals surface area contributed by atoms with Crippen LogP contribution in [-0.2, 0) is 10.8 Å². The van der Waals surface area contributed by atoms with Crippen LogP contribution >= 0.6 is 0 Å². The summed E-state index contributed by atoms with van der Waals surface area (Å²) in [5.74, 6) is 2.56. The van der Waals surface area contributed by atoms with Gasteiger partial charge in [-0.05, 0) is 64.6 Å². The lowest BCUT2D eigenvalue weighted by atomic mass is 9.80. The second-order valence-corrected chi connectivity index (χ2v) is 10.5. The summed E-state index contributed by atoms with van der Waals surface area (Å²) < 4.78 is 11.9. The molecule has 0 radical (unpaired) electrons. The minimum absolute atomic E-state index is 0.0371. The van der Waals surface area contributed by atoms with Crippen molar-refractivity contribution in [2.24, 2.45) is 5.92 Å². The van der Waals surface area contributed by atoms with Crippen LogP contribution in [0, 0.1) is 5.92 Å². The zero-order valence-electron chi connectivity index (χ0n) is 20.3. The van der Waals surface area contributed by atoms with Crippen molar-refractivity contribution in [2.45, 2.75) is 72.6 Å². The van der Waals surface area contributed by atoms with Crippen molar-refractivity contribution in [3.63, 3.8) is 0 Å². The van der Waals surface area contributed by atoms with Gasteiger partial charge in [-0.1, -0.05) is 67.5 Å². The molecule has 0 spiro atoms. The molecule has 0 unspecified atom stereocenters. The van der Waals surface area contributed by atoms with Crippen LogP contribution in [-0.4, -0.2) is 19.8 Å². The minimum Gasteiger partial charge on any atom is -0.494 e. The van der Waals surface area contributed by atoms with E-state index < -0.39 is 0 Å². The second kappa shape index (κ2) is 10.2. The molecule has 2 rings (SSSR count). The first-order valence-corrected chi connectivity index (χ1v) is 11.2. The lowest BCUT2D eigenvalue weighted by Crippen LogP contribution is -2.19. The number of hydrogen-bond acceptors (Lipinski definition) is 3. The fourth-order valence-electron chi connectivity index (χ4n) is 3.15. The van der Waals surface area contributed by atoms with Gasteiger partial charge in [-0.2, -0.15) is 0 Å². The molecule has 0 aromatic heterocycles. The van der Waals surface area contributed by atoms with Crippen molar-refractivity contribution >= 4 is 5.69 Å². The molecule has 166 valence electrons. The quantitative estimate of drug-likeness (QED) is 0.443. The van der Waals surface area contributed by atoms with Gasteiger partial charge in [0.05, 0.1) is 6.61 Å². The Morgan fingerprint density at radius 3 is 2.03 bits per heavy atom. The molecule has 30 heavy (non-hydrogen) atoms. The summed E-state index contributed by atoms with van der Waals surface area (Å²) in [6.07, 6.45) is 1.07. The van der Waals surface area contributed by atoms with E-state index >= 15 is 0 Å². The van der Waals surface area contributed by atoms with Crippen LogP contribution in [0.2, 0.25) is 0 Å². The van der Waals surface area contributed by atoms with Crippen LogP contribution in [0.15, 0.2) is 42.5 Å². The zero-order chi connectivity index (χ0) is 22.4. The first-order chi connectivity index (χ1) is 14.0. The lowest BCUT2D eigenvalue weighted by Gasteiger charge is -2.27. The summed E-state index contributed by atoms with van der Waals surface area (Å²) in [6, 6.07) is 14.8. The third-order valence-electron chi connectivity index (χ3n) is 5.16. The molecule has 0 saturated carbocycles. The Morgan fingerprint density at radius 2 is 1.47 bits per heavy atom. The Labute approximate surface area is 184 Å². The summed E-state index contributed by atoms with van der Waals surface area (Å²) >= 11 is 0. The Morgan fingerprint density at radius 1 is 0.800 bits per heavy atom. The van der Waals surface area contributed by atoms with Gasteiger partial charge in [0, 0.05) is 12.2 Å². The molecule has 1 N–H and O–H groups in total. The van der Waals surface area contributed by atoms with E-state index in [1.165, 1.54) is 11.1 Å². The van der Waals surface area contributed by atoms with Crippen molar-refractivity contribution in [3.05, 3.63) is 53.6 Å². The molecule has 0 atom stereocenters. The maximum Gasteiger partial charge on any atom is 0.123 e. The van der Waals surface area contributed by atoms with Crippen molar-refractivity contribution in [1.82, 2.24) is 0 Å². The monoisotopic (exact) mass is 411 g/mol. The third-order valence-corrected chi connectivity index (χ3v) is 5.16. The predicted octanol–water partition coefficient (Wildman–Crippen LogP) is 7.20. The molecule has 3 heteroatoms. The Kier molecular flexibility index (Phi) is 8.23. The highest BCUT2D eigenvalue weighted by atomic mass is 16.5. The number of nitrogens with one attached hydrogen (secondary N) is 1. The average molecular weight is 412 g/mol. The summed E-state index contributed by atoms with van der Waals surface area (Å²) in [6.45, 7) is 20.0. The molecule has 0 amide bonds. The van der Waals surface area contributed by atoms with E-state index in [0.717, 1.165) is 36.8 Å².